The molecule has 0 saturated carbocycles. The molecule has 1 atom stereocenters. The summed E-state index contributed by atoms with van der Waals surface area (Å²) in [4.78, 5) is 10.9. The molecular weight excluding hydrogens is 389 g/mol. The molecular formula is C17H16Cl3NO4. The smallest absolute Gasteiger partial charge is 0.320 e. The summed E-state index contributed by atoms with van der Waals surface area (Å²) in [5.41, 5.74) is 7.04. The quantitative estimate of drug-likeness (QED) is 0.723. The number of hydrogen-bond donors (Lipinski definition) is 2. The van der Waals surface area contributed by atoms with Crippen molar-refractivity contribution >= 4 is 40.8 Å². The molecule has 2 aromatic rings. The van der Waals surface area contributed by atoms with Gasteiger partial charge in [0.2, 0.25) is 0 Å². The molecule has 0 saturated heterocycles. The molecule has 0 aliphatic rings. The van der Waals surface area contributed by atoms with Crippen molar-refractivity contribution in [1.29, 1.82) is 0 Å². The van der Waals surface area contributed by atoms with Crippen LogP contribution in [0.15, 0.2) is 30.3 Å². The van der Waals surface area contributed by atoms with E-state index in [4.69, 9.17) is 55.1 Å². The zero-order chi connectivity index (χ0) is 18.6. The van der Waals surface area contributed by atoms with E-state index in [2.05, 4.69) is 0 Å². The molecule has 0 aliphatic carbocycles. The third kappa shape index (κ3) is 5.16. The molecule has 1 unspecified atom stereocenters. The van der Waals surface area contributed by atoms with E-state index in [1.807, 2.05) is 0 Å². The van der Waals surface area contributed by atoms with Crippen molar-refractivity contribution in [2.45, 2.75) is 19.1 Å². The number of nitrogens with two attached hydrogens (primary N) is 1. The first kappa shape index (κ1) is 19.7. The van der Waals surface area contributed by atoms with Crippen LogP contribution in [0.4, 0.5) is 0 Å². The van der Waals surface area contributed by atoms with E-state index in [0.29, 0.717) is 32.1 Å². The number of methoxy groups -OCH3 is 1. The molecule has 3 N–H and O–H groups in total. The van der Waals surface area contributed by atoms with Crippen LogP contribution >= 0.6 is 34.8 Å². The number of carbonyl (C=O) groups is 1. The lowest BCUT2D eigenvalue weighted by Gasteiger charge is -2.15. The van der Waals surface area contributed by atoms with Gasteiger partial charge in [-0.3, -0.25) is 4.79 Å². The zero-order valence-corrected chi connectivity index (χ0v) is 15.5. The van der Waals surface area contributed by atoms with Crippen molar-refractivity contribution in [2.75, 3.05) is 7.11 Å². The fourth-order valence-corrected chi connectivity index (χ4v) is 3.16. The lowest BCUT2D eigenvalue weighted by Crippen LogP contribution is -2.32. The Morgan fingerprint density at radius 3 is 2.40 bits per heavy atom. The summed E-state index contributed by atoms with van der Waals surface area (Å²) in [5, 5.41) is 9.93. The first-order valence-electron chi connectivity index (χ1n) is 7.23. The molecule has 0 aromatic heterocycles. The standard InChI is InChI=1S/C17H16Cl3NO4/c1-24-15-3-2-9(5-14(21)17(22)23)4-10(15)8-25-16-12(19)6-11(18)7-13(16)20/h2-4,6-7,14H,5,8,21H2,1H3,(H,22,23). The number of rotatable bonds is 7. The molecule has 0 fully saturated rings. The van der Waals surface area contributed by atoms with E-state index < -0.39 is 12.0 Å². The van der Waals surface area contributed by atoms with E-state index >= 15 is 0 Å². The summed E-state index contributed by atoms with van der Waals surface area (Å²) >= 11 is 18.1. The predicted octanol–water partition coefficient (Wildman–Crippen LogP) is 4.19. The Hall–Kier alpha value is -1.66. The molecule has 0 bridgehead atoms. The van der Waals surface area contributed by atoms with Gasteiger partial charge in [-0.2, -0.15) is 0 Å². The van der Waals surface area contributed by atoms with Crippen molar-refractivity contribution < 1.29 is 19.4 Å². The molecule has 0 spiro atoms. The Morgan fingerprint density at radius 2 is 1.84 bits per heavy atom. The summed E-state index contributed by atoms with van der Waals surface area (Å²) < 4.78 is 11.0. The van der Waals surface area contributed by atoms with E-state index in [0.717, 1.165) is 5.56 Å². The first-order valence-corrected chi connectivity index (χ1v) is 8.36. The van der Waals surface area contributed by atoms with Crippen LogP contribution in [0.3, 0.4) is 0 Å². The maximum Gasteiger partial charge on any atom is 0.320 e. The Kier molecular flexibility index (Phi) is 6.79. The molecule has 0 radical (unpaired) electrons. The van der Waals surface area contributed by atoms with Gasteiger partial charge in [0.25, 0.3) is 0 Å². The summed E-state index contributed by atoms with van der Waals surface area (Å²) in [6.45, 7) is 0.125. The number of halogens is 3. The van der Waals surface area contributed by atoms with Gasteiger partial charge in [-0.25, -0.2) is 0 Å². The Labute approximate surface area is 160 Å². The zero-order valence-electron chi connectivity index (χ0n) is 13.3. The highest BCUT2D eigenvalue weighted by molar-refractivity contribution is 6.40. The number of hydrogen-bond acceptors (Lipinski definition) is 4. The van der Waals surface area contributed by atoms with Crippen molar-refractivity contribution in [3.63, 3.8) is 0 Å². The van der Waals surface area contributed by atoms with Crippen molar-refractivity contribution in [2.24, 2.45) is 5.73 Å². The van der Waals surface area contributed by atoms with Gasteiger partial charge in [0.15, 0.2) is 5.75 Å². The third-order valence-electron chi connectivity index (χ3n) is 3.45. The summed E-state index contributed by atoms with van der Waals surface area (Å²) in [6, 6.07) is 7.34. The van der Waals surface area contributed by atoms with Gasteiger partial charge in [-0.15, -0.1) is 0 Å². The van der Waals surface area contributed by atoms with Crippen LogP contribution in [0.2, 0.25) is 15.1 Å². The third-order valence-corrected chi connectivity index (χ3v) is 4.23. The monoisotopic (exact) mass is 403 g/mol. The van der Waals surface area contributed by atoms with Crippen molar-refractivity contribution in [3.05, 3.63) is 56.5 Å². The highest BCUT2D eigenvalue weighted by atomic mass is 35.5. The maximum atomic E-state index is 10.9. The fraction of sp³-hybridized carbons (Fsp3) is 0.235. The normalized spacial score (nSPS) is 11.9. The second kappa shape index (κ2) is 8.63. The Bertz CT molecular complexity index is 759. The van der Waals surface area contributed by atoms with Gasteiger partial charge in [0.05, 0.1) is 17.2 Å². The largest absolute Gasteiger partial charge is 0.496 e. The highest BCUT2D eigenvalue weighted by Crippen LogP contribution is 2.36. The topological polar surface area (TPSA) is 81.8 Å². The first-order chi connectivity index (χ1) is 11.8. The van der Waals surface area contributed by atoms with Crippen LogP contribution in [0.5, 0.6) is 11.5 Å². The van der Waals surface area contributed by atoms with Crippen LogP contribution in [0.25, 0.3) is 0 Å². The number of ether oxygens (including phenoxy) is 2. The molecule has 25 heavy (non-hydrogen) atoms. The summed E-state index contributed by atoms with van der Waals surface area (Å²) in [5.74, 6) is -0.162. The van der Waals surface area contributed by atoms with Crippen molar-refractivity contribution in [3.8, 4) is 11.5 Å². The number of carboxylic acid groups (broad SMARTS) is 1. The molecule has 0 aliphatic heterocycles. The average Bonchev–Trinajstić information content (AvgIpc) is 2.54. The average molecular weight is 405 g/mol. The van der Waals surface area contributed by atoms with Crippen LogP contribution in [-0.4, -0.2) is 24.2 Å². The van der Waals surface area contributed by atoms with E-state index in [9.17, 15) is 4.79 Å². The number of aliphatic carboxylic acids is 1. The van der Waals surface area contributed by atoms with E-state index in [1.54, 1.807) is 18.2 Å². The number of carboxylic acids is 1. The maximum absolute atomic E-state index is 10.9. The van der Waals surface area contributed by atoms with Crippen LogP contribution < -0.4 is 15.2 Å². The highest BCUT2D eigenvalue weighted by Gasteiger charge is 2.15. The van der Waals surface area contributed by atoms with Crippen LogP contribution in [-0.2, 0) is 17.8 Å². The van der Waals surface area contributed by atoms with E-state index in [-0.39, 0.29) is 13.0 Å². The van der Waals surface area contributed by atoms with Gasteiger partial charge in [0, 0.05) is 10.6 Å². The van der Waals surface area contributed by atoms with E-state index in [1.165, 1.54) is 19.2 Å². The Balaban J connectivity index is 2.22. The lowest BCUT2D eigenvalue weighted by molar-refractivity contribution is -0.138. The van der Waals surface area contributed by atoms with Crippen molar-refractivity contribution in [1.82, 2.24) is 0 Å². The minimum atomic E-state index is -1.06. The van der Waals surface area contributed by atoms with Crippen LogP contribution in [0, 0.1) is 0 Å². The SMILES string of the molecule is COc1ccc(CC(N)C(=O)O)cc1COc1c(Cl)cc(Cl)cc1Cl. The molecule has 134 valence electrons. The molecule has 0 heterocycles. The number of benzene rings is 2. The minimum Gasteiger partial charge on any atom is -0.496 e. The Morgan fingerprint density at radius 1 is 1.20 bits per heavy atom. The van der Waals surface area contributed by atoms with Gasteiger partial charge >= 0.3 is 5.97 Å². The summed E-state index contributed by atoms with van der Waals surface area (Å²) in [6.07, 6.45) is 0.189. The predicted molar refractivity (Wildman–Crippen MR) is 98.1 cm³/mol. The molecule has 0 amide bonds. The molecule has 2 rings (SSSR count). The van der Waals surface area contributed by atoms with Gasteiger partial charge in [-0.1, -0.05) is 40.9 Å². The fourth-order valence-electron chi connectivity index (χ4n) is 2.23. The lowest BCUT2D eigenvalue weighted by atomic mass is 10.0. The van der Waals surface area contributed by atoms with Gasteiger partial charge < -0.3 is 20.3 Å². The summed E-state index contributed by atoms with van der Waals surface area (Å²) in [7, 11) is 1.53. The molecule has 8 heteroatoms. The second-order valence-corrected chi connectivity index (χ2v) is 6.53. The van der Waals surface area contributed by atoms with Gasteiger partial charge in [-0.05, 0) is 36.2 Å². The second-order valence-electron chi connectivity index (χ2n) is 5.28. The molecule has 5 nitrogen and oxygen atoms in total. The van der Waals surface area contributed by atoms with Crippen LogP contribution in [0.1, 0.15) is 11.1 Å². The minimum absolute atomic E-state index is 0.125. The molecule has 2 aromatic carbocycles. The van der Waals surface area contributed by atoms with Gasteiger partial charge in [0.1, 0.15) is 18.4 Å².